The summed E-state index contributed by atoms with van der Waals surface area (Å²) in [5, 5.41) is 0. The number of carbonyl (C=O) groups is 1. The Kier molecular flexibility index (Phi) is 6.03. The number of fused-ring (bicyclic) bond motifs is 1. The molecule has 2 nitrogen and oxygen atoms in total. The zero-order valence-electron chi connectivity index (χ0n) is 18.7. The van der Waals surface area contributed by atoms with Crippen LogP contribution >= 0.6 is 0 Å². The zero-order valence-corrected chi connectivity index (χ0v) is 18.7. The Bertz CT molecular complexity index is 918. The van der Waals surface area contributed by atoms with E-state index in [1.807, 2.05) is 19.1 Å². The van der Waals surface area contributed by atoms with Gasteiger partial charge in [0, 0.05) is 12.0 Å². The van der Waals surface area contributed by atoms with E-state index in [2.05, 4.69) is 71.0 Å². The lowest BCUT2D eigenvalue weighted by molar-refractivity contribution is -0.137. The highest BCUT2D eigenvalue weighted by Gasteiger charge is 2.37. The normalized spacial score (nSPS) is 18.3. The fourth-order valence-corrected chi connectivity index (χ4v) is 4.35. The number of ether oxygens (including phenoxy) is 1. The first-order valence-corrected chi connectivity index (χ1v) is 10.7. The monoisotopic (exact) mass is 390 g/mol. The minimum atomic E-state index is -0.300. The molecule has 1 unspecified atom stereocenters. The molecule has 1 atom stereocenters. The second-order valence-corrected chi connectivity index (χ2v) is 9.55. The van der Waals surface area contributed by atoms with Crippen molar-refractivity contribution in [1.29, 1.82) is 0 Å². The van der Waals surface area contributed by atoms with E-state index >= 15 is 0 Å². The molecule has 0 heterocycles. The first-order chi connectivity index (χ1) is 13.6. The van der Waals surface area contributed by atoms with Crippen molar-refractivity contribution in [2.24, 2.45) is 0 Å². The number of esters is 1. The first kappa shape index (κ1) is 21.4. The Balaban J connectivity index is 1.91. The molecular weight excluding hydrogens is 356 g/mol. The fraction of sp³-hybridized carbons (Fsp3) is 0.444. The predicted octanol–water partition coefficient (Wildman–Crippen LogP) is 6.76. The summed E-state index contributed by atoms with van der Waals surface area (Å²) in [6.07, 6.45) is 5.78. The van der Waals surface area contributed by atoms with Crippen LogP contribution in [0.25, 0.3) is 6.08 Å². The van der Waals surface area contributed by atoms with Crippen LogP contribution in [0.5, 0.6) is 0 Å². The molecule has 0 aliphatic heterocycles. The zero-order chi connectivity index (χ0) is 21.2. The van der Waals surface area contributed by atoms with Gasteiger partial charge in [-0.3, -0.25) is 0 Å². The highest BCUT2D eigenvalue weighted by atomic mass is 16.5. The van der Waals surface area contributed by atoms with E-state index in [0.717, 1.165) is 5.56 Å². The third-order valence-electron chi connectivity index (χ3n) is 6.49. The lowest BCUT2D eigenvalue weighted by Crippen LogP contribution is -2.34. The van der Waals surface area contributed by atoms with Crippen LogP contribution in [0.1, 0.15) is 88.1 Å². The molecule has 0 saturated carbocycles. The van der Waals surface area contributed by atoms with Crippen LogP contribution in [0, 0.1) is 0 Å². The van der Waals surface area contributed by atoms with Gasteiger partial charge in [-0.1, -0.05) is 77.1 Å². The molecule has 154 valence electrons. The summed E-state index contributed by atoms with van der Waals surface area (Å²) in [4.78, 5) is 11.6. The summed E-state index contributed by atoms with van der Waals surface area (Å²) in [7, 11) is 0. The summed E-state index contributed by atoms with van der Waals surface area (Å²) >= 11 is 0. The van der Waals surface area contributed by atoms with Gasteiger partial charge in [-0.25, -0.2) is 4.79 Å². The summed E-state index contributed by atoms with van der Waals surface area (Å²) in [5.41, 5.74) is 7.06. The highest BCUT2D eigenvalue weighted by molar-refractivity contribution is 5.87. The Morgan fingerprint density at radius 3 is 2.34 bits per heavy atom. The fourth-order valence-electron chi connectivity index (χ4n) is 4.35. The molecule has 1 aliphatic rings. The van der Waals surface area contributed by atoms with E-state index in [-0.39, 0.29) is 22.7 Å². The molecule has 0 amide bonds. The van der Waals surface area contributed by atoms with Crippen molar-refractivity contribution in [1.82, 2.24) is 0 Å². The lowest BCUT2D eigenvalue weighted by Gasteiger charge is -2.42. The summed E-state index contributed by atoms with van der Waals surface area (Å²) in [6, 6.07) is 15.5. The van der Waals surface area contributed by atoms with Crippen LogP contribution in [0.15, 0.2) is 48.5 Å². The quantitative estimate of drug-likeness (QED) is 0.416. The predicted molar refractivity (Wildman–Crippen MR) is 121 cm³/mol. The molecule has 2 aromatic rings. The maximum absolute atomic E-state index is 11.6. The standard InChI is InChI=1S/C27H34O2/c1-7-29-25(28)14-11-20-9-8-10-21(17-20)19(2)22-12-13-23-24(18-22)27(5,6)16-15-26(23,3)4/h8-14,17-19H,7,15-16H2,1-6H3. The minimum Gasteiger partial charge on any atom is -0.463 e. The van der Waals surface area contributed by atoms with Crippen molar-refractivity contribution in [2.45, 2.75) is 71.1 Å². The van der Waals surface area contributed by atoms with Crippen molar-refractivity contribution >= 4 is 12.0 Å². The van der Waals surface area contributed by atoms with E-state index < -0.39 is 0 Å². The molecule has 0 bridgehead atoms. The summed E-state index contributed by atoms with van der Waals surface area (Å²) in [6.45, 7) is 13.9. The average molecular weight is 391 g/mol. The van der Waals surface area contributed by atoms with Crippen LogP contribution in [-0.2, 0) is 20.4 Å². The maximum Gasteiger partial charge on any atom is 0.330 e. The highest BCUT2D eigenvalue weighted by Crippen LogP contribution is 2.46. The van der Waals surface area contributed by atoms with Gasteiger partial charge in [0.2, 0.25) is 0 Å². The molecule has 2 heteroatoms. The molecule has 0 saturated heterocycles. The Morgan fingerprint density at radius 1 is 1.00 bits per heavy atom. The SMILES string of the molecule is CCOC(=O)C=Cc1cccc(C(C)c2ccc3c(c2)C(C)(C)CCC3(C)C)c1. The molecule has 0 N–H and O–H groups in total. The van der Waals surface area contributed by atoms with E-state index in [9.17, 15) is 4.79 Å². The van der Waals surface area contributed by atoms with Crippen LogP contribution in [0.4, 0.5) is 0 Å². The number of benzene rings is 2. The van der Waals surface area contributed by atoms with Gasteiger partial charge in [0.25, 0.3) is 0 Å². The Hall–Kier alpha value is -2.35. The first-order valence-electron chi connectivity index (χ1n) is 10.7. The maximum atomic E-state index is 11.6. The van der Waals surface area contributed by atoms with Crippen molar-refractivity contribution in [3.05, 3.63) is 76.4 Å². The molecule has 29 heavy (non-hydrogen) atoms. The third kappa shape index (κ3) is 4.63. The van der Waals surface area contributed by atoms with Crippen molar-refractivity contribution < 1.29 is 9.53 Å². The van der Waals surface area contributed by atoms with E-state index in [1.165, 1.54) is 41.2 Å². The van der Waals surface area contributed by atoms with E-state index in [1.54, 1.807) is 0 Å². The smallest absolute Gasteiger partial charge is 0.330 e. The number of rotatable bonds is 5. The molecule has 0 fully saturated rings. The van der Waals surface area contributed by atoms with Crippen molar-refractivity contribution in [2.75, 3.05) is 6.61 Å². The Labute approximate surface area is 176 Å². The molecule has 1 aliphatic carbocycles. The Morgan fingerprint density at radius 2 is 1.66 bits per heavy atom. The number of hydrogen-bond donors (Lipinski definition) is 0. The van der Waals surface area contributed by atoms with Gasteiger partial charge in [-0.15, -0.1) is 0 Å². The van der Waals surface area contributed by atoms with Gasteiger partial charge in [0.05, 0.1) is 6.61 Å². The van der Waals surface area contributed by atoms with Crippen LogP contribution in [0.2, 0.25) is 0 Å². The lowest BCUT2D eigenvalue weighted by atomic mass is 9.62. The van der Waals surface area contributed by atoms with Gasteiger partial charge in [0.15, 0.2) is 0 Å². The summed E-state index contributed by atoms with van der Waals surface area (Å²) < 4.78 is 4.97. The van der Waals surface area contributed by atoms with E-state index in [0.29, 0.717) is 6.61 Å². The van der Waals surface area contributed by atoms with Gasteiger partial charge < -0.3 is 4.74 Å². The second-order valence-electron chi connectivity index (χ2n) is 9.55. The van der Waals surface area contributed by atoms with Gasteiger partial charge >= 0.3 is 5.97 Å². The molecular formula is C27H34O2. The molecule has 0 aromatic heterocycles. The van der Waals surface area contributed by atoms with Gasteiger partial charge in [0.1, 0.15) is 0 Å². The molecule has 0 spiro atoms. The minimum absolute atomic E-state index is 0.213. The van der Waals surface area contributed by atoms with Crippen LogP contribution in [-0.4, -0.2) is 12.6 Å². The topological polar surface area (TPSA) is 26.3 Å². The molecule has 3 rings (SSSR count). The number of carbonyl (C=O) groups excluding carboxylic acids is 1. The molecule has 2 aromatic carbocycles. The van der Waals surface area contributed by atoms with Gasteiger partial charge in [-0.2, -0.15) is 0 Å². The largest absolute Gasteiger partial charge is 0.463 e. The number of hydrogen-bond acceptors (Lipinski definition) is 2. The van der Waals surface area contributed by atoms with E-state index in [4.69, 9.17) is 4.74 Å². The summed E-state index contributed by atoms with van der Waals surface area (Å²) in [5.74, 6) is -0.0115. The van der Waals surface area contributed by atoms with Crippen molar-refractivity contribution in [3.63, 3.8) is 0 Å². The van der Waals surface area contributed by atoms with Gasteiger partial charge in [-0.05, 0) is 64.5 Å². The third-order valence-corrected chi connectivity index (χ3v) is 6.49. The second kappa shape index (κ2) is 8.18. The van der Waals surface area contributed by atoms with Crippen LogP contribution < -0.4 is 0 Å². The molecule has 0 radical (unpaired) electrons. The van der Waals surface area contributed by atoms with Crippen molar-refractivity contribution in [3.8, 4) is 0 Å². The van der Waals surface area contributed by atoms with Crippen LogP contribution in [0.3, 0.4) is 0 Å². The average Bonchev–Trinajstić information content (AvgIpc) is 2.70.